The van der Waals surface area contributed by atoms with Crippen LogP contribution in [0.2, 0.25) is 0 Å². The minimum absolute atomic E-state index is 0.530. The average Bonchev–Trinajstić information content (AvgIpc) is 1.53. The highest BCUT2D eigenvalue weighted by molar-refractivity contribution is 7.26. The zero-order chi connectivity index (χ0) is 84.1. The van der Waals surface area contributed by atoms with Crippen molar-refractivity contribution in [2.45, 2.75) is 10.8 Å². The molecule has 2 aliphatic rings. The summed E-state index contributed by atoms with van der Waals surface area (Å²) in [6.07, 6.45) is 0. The number of thiophene rings is 1. The van der Waals surface area contributed by atoms with Gasteiger partial charge in [0.15, 0.2) is 5.58 Å². The van der Waals surface area contributed by atoms with Crippen LogP contribution < -0.4 is 9.80 Å². The van der Waals surface area contributed by atoms with Crippen molar-refractivity contribution in [1.82, 2.24) is 0 Å². The zero-order valence-electron chi connectivity index (χ0n) is 69.4. The Morgan fingerprint density at radius 3 is 1.11 bits per heavy atom. The summed E-state index contributed by atoms with van der Waals surface area (Å²) in [6.45, 7) is 0. The Balaban J connectivity index is 0.547. The third-order valence-corrected chi connectivity index (χ3v) is 28.5. The molecular formula is C122H76N2O3S. The van der Waals surface area contributed by atoms with Gasteiger partial charge in [0, 0.05) is 76.1 Å². The topological polar surface area (TPSA) is 45.9 Å². The van der Waals surface area contributed by atoms with E-state index < -0.39 is 10.8 Å². The number of nitrogens with zero attached hydrogens (tertiary/aromatic N) is 2. The van der Waals surface area contributed by atoms with E-state index in [0.29, 0.717) is 0 Å². The van der Waals surface area contributed by atoms with Crippen molar-refractivity contribution >= 4 is 131 Å². The van der Waals surface area contributed by atoms with Crippen molar-refractivity contribution in [2.24, 2.45) is 0 Å². The number of benzene rings is 20. The van der Waals surface area contributed by atoms with Gasteiger partial charge in [0.2, 0.25) is 0 Å². The van der Waals surface area contributed by atoms with Crippen LogP contribution in [0.1, 0.15) is 44.5 Å². The summed E-state index contributed by atoms with van der Waals surface area (Å²) in [7, 11) is 0. The summed E-state index contributed by atoms with van der Waals surface area (Å²) in [5, 5.41) is 8.95. The quantitative estimate of drug-likeness (QED) is 0.102. The largest absolute Gasteiger partial charge is 0.456 e. The van der Waals surface area contributed by atoms with E-state index in [4.69, 9.17) is 13.3 Å². The number of hydrogen-bond acceptors (Lipinski definition) is 6. The Bertz CT molecular complexity index is 8430. The second kappa shape index (κ2) is 29.1. The van der Waals surface area contributed by atoms with E-state index in [0.717, 1.165) is 150 Å². The lowest BCUT2D eigenvalue weighted by atomic mass is 9.67. The maximum absolute atomic E-state index is 7.21. The molecule has 0 amide bonds. The second-order valence-corrected chi connectivity index (χ2v) is 35.0. The van der Waals surface area contributed by atoms with Crippen LogP contribution in [-0.2, 0) is 10.8 Å². The van der Waals surface area contributed by atoms with Crippen molar-refractivity contribution in [3.05, 3.63) is 506 Å². The first kappa shape index (κ1) is 73.2. The summed E-state index contributed by atoms with van der Waals surface area (Å²) in [6, 6.07) is 169. The van der Waals surface area contributed by atoms with Crippen LogP contribution in [0.4, 0.5) is 34.1 Å². The Hall–Kier alpha value is -16.4. The summed E-state index contributed by atoms with van der Waals surface area (Å²) >= 11 is 1.85. The normalized spacial score (nSPS) is 13.0. The minimum Gasteiger partial charge on any atom is -0.456 e. The fourth-order valence-electron chi connectivity index (χ4n) is 21.4. The van der Waals surface area contributed by atoms with Crippen molar-refractivity contribution in [3.8, 4) is 77.9 Å². The molecule has 0 spiro atoms. The molecule has 0 fully saturated rings. The van der Waals surface area contributed by atoms with E-state index in [1.54, 1.807) is 0 Å². The second-order valence-electron chi connectivity index (χ2n) is 34.0. The highest BCUT2D eigenvalue weighted by Crippen LogP contribution is 2.61. The molecule has 0 saturated carbocycles. The molecule has 0 atom stereocenters. The van der Waals surface area contributed by atoms with Gasteiger partial charge in [0.25, 0.3) is 0 Å². The standard InChI is InChI=1S/C122H76N2O3S/c1-6-26-77(27-7-1)79-52-63-92(64-53-79)124(93-65-56-81(57-66-93)84-60-69-114-103(70-84)105-74-102-96-37-17-21-44-108(96)121(86-28-8-2-9-29-86,87-30-10-3-11-31-87)109(102)75-115(105)125-114)112-72-85(71-106-98-39-19-23-47-117(98)128-120(106)112)82-50-48-78(49-51-82)80-54-61-90(62-55-80)123(111-45-25-42-99-97-38-18-22-46-113(97)126-119(99)111)91-67-58-83(59-68-91)94-40-24-41-100-104-73-101-95-36-16-20-43-107(95)122(88-32-12-4-13-33-88,89-34-14-5-15-35-89)110(101)76-116(104)127-118(94)100/h1-76H. The molecule has 5 nitrogen and oxygen atoms in total. The number of fused-ring (bicyclic) bond motifs is 18. The predicted octanol–water partition coefficient (Wildman–Crippen LogP) is 33.8. The fraction of sp³-hybridized carbons (Fsp3) is 0.0164. The van der Waals surface area contributed by atoms with Crippen molar-refractivity contribution in [3.63, 3.8) is 0 Å². The van der Waals surface area contributed by atoms with E-state index >= 15 is 0 Å². The van der Waals surface area contributed by atoms with Gasteiger partial charge in [0.1, 0.15) is 27.9 Å². The molecule has 6 heteroatoms. The van der Waals surface area contributed by atoms with Crippen LogP contribution in [0.25, 0.3) is 164 Å². The molecule has 0 N–H and O–H groups in total. The minimum atomic E-state index is -0.545. The maximum atomic E-state index is 7.21. The fourth-order valence-corrected chi connectivity index (χ4v) is 22.6. The molecule has 4 heterocycles. The van der Waals surface area contributed by atoms with Crippen LogP contribution >= 0.6 is 11.3 Å². The van der Waals surface area contributed by atoms with Gasteiger partial charge in [-0.3, -0.25) is 0 Å². The Morgan fingerprint density at radius 1 is 0.188 bits per heavy atom. The van der Waals surface area contributed by atoms with Crippen molar-refractivity contribution in [1.29, 1.82) is 0 Å². The summed E-state index contributed by atoms with van der Waals surface area (Å²) in [5.41, 5.74) is 36.1. The van der Waals surface area contributed by atoms with Crippen LogP contribution in [-0.4, -0.2) is 0 Å². The molecule has 24 aromatic rings. The van der Waals surface area contributed by atoms with Crippen LogP contribution in [0.3, 0.4) is 0 Å². The average molecular weight is 1650 g/mol. The molecule has 4 aromatic heterocycles. The summed E-state index contributed by atoms with van der Waals surface area (Å²) in [5.74, 6) is 0. The van der Waals surface area contributed by atoms with Gasteiger partial charge < -0.3 is 23.1 Å². The maximum Gasteiger partial charge on any atom is 0.159 e. The molecule has 20 aromatic carbocycles. The third kappa shape index (κ3) is 11.3. The van der Waals surface area contributed by atoms with Gasteiger partial charge in [-0.1, -0.05) is 346 Å². The lowest BCUT2D eigenvalue weighted by Gasteiger charge is -2.33. The molecule has 0 bridgehead atoms. The van der Waals surface area contributed by atoms with Crippen molar-refractivity contribution < 1.29 is 13.3 Å². The predicted molar refractivity (Wildman–Crippen MR) is 532 cm³/mol. The molecule has 26 rings (SSSR count). The van der Waals surface area contributed by atoms with E-state index in [1.165, 1.54) is 92.5 Å². The SMILES string of the molecule is c1ccc(-c2ccc(N(c3ccc(-c4ccc5oc6cc7c(cc6c5c4)-c4ccccc4C7(c4ccccc4)c4ccccc4)cc3)c3cc(-c4ccc(-c5ccc(N(c6ccc(-c7cccc8c7oc7cc9c(cc78)-c7ccccc7C9(c7ccccc7)c7ccccc7)cc6)c6cccc7c6oc6ccccc67)cc5)cc4)cc4c3sc3ccccc34)cc2)cc1. The monoisotopic (exact) mass is 1650 g/mol. The number of anilines is 6. The highest BCUT2D eigenvalue weighted by Gasteiger charge is 2.48. The highest BCUT2D eigenvalue weighted by atomic mass is 32.1. The molecule has 128 heavy (non-hydrogen) atoms. The lowest BCUT2D eigenvalue weighted by molar-refractivity contribution is 0.666. The van der Waals surface area contributed by atoms with Gasteiger partial charge in [-0.25, -0.2) is 0 Å². The van der Waals surface area contributed by atoms with Gasteiger partial charge in [0.05, 0.1) is 26.9 Å². The Kier molecular flexibility index (Phi) is 16.7. The van der Waals surface area contributed by atoms with E-state index in [2.05, 4.69) is 465 Å². The van der Waals surface area contributed by atoms with Gasteiger partial charge in [-0.2, -0.15) is 0 Å². The number of furan rings is 3. The summed E-state index contributed by atoms with van der Waals surface area (Å²) in [4.78, 5) is 4.80. The smallest absolute Gasteiger partial charge is 0.159 e. The molecule has 0 radical (unpaired) electrons. The van der Waals surface area contributed by atoms with E-state index in [1.807, 2.05) is 17.4 Å². The van der Waals surface area contributed by atoms with E-state index in [-0.39, 0.29) is 0 Å². The lowest BCUT2D eigenvalue weighted by Crippen LogP contribution is -2.28. The summed E-state index contributed by atoms with van der Waals surface area (Å²) < 4.78 is 23.5. The first-order valence-electron chi connectivity index (χ1n) is 43.9. The number of hydrogen-bond donors (Lipinski definition) is 0. The molecule has 0 unspecified atom stereocenters. The first-order valence-corrected chi connectivity index (χ1v) is 44.7. The van der Waals surface area contributed by atoms with Crippen LogP contribution in [0.5, 0.6) is 0 Å². The molecule has 0 aliphatic heterocycles. The molecule has 2 aliphatic carbocycles. The van der Waals surface area contributed by atoms with Crippen molar-refractivity contribution in [2.75, 3.05) is 9.80 Å². The number of rotatable bonds is 15. The van der Waals surface area contributed by atoms with Gasteiger partial charge >= 0.3 is 0 Å². The van der Waals surface area contributed by atoms with Crippen LogP contribution in [0, 0.1) is 0 Å². The van der Waals surface area contributed by atoms with Gasteiger partial charge in [-0.15, -0.1) is 11.3 Å². The first-order chi connectivity index (χ1) is 63.4. The van der Waals surface area contributed by atoms with Crippen LogP contribution in [0.15, 0.2) is 474 Å². The Morgan fingerprint density at radius 2 is 0.555 bits per heavy atom. The Labute approximate surface area is 743 Å². The zero-order valence-corrected chi connectivity index (χ0v) is 70.2. The molecule has 0 saturated heterocycles. The van der Waals surface area contributed by atoms with E-state index in [9.17, 15) is 0 Å². The molecular weight excluding hydrogens is 1570 g/mol. The molecule has 598 valence electrons. The number of para-hydroxylation sites is 3. The van der Waals surface area contributed by atoms with Gasteiger partial charge in [-0.05, 0) is 232 Å². The third-order valence-electron chi connectivity index (χ3n) is 27.3.